The highest BCUT2D eigenvalue weighted by atomic mass is 35.5. The van der Waals surface area contributed by atoms with Crippen LogP contribution >= 0.6 is 11.6 Å². The van der Waals surface area contributed by atoms with E-state index in [0.29, 0.717) is 0 Å². The van der Waals surface area contributed by atoms with Crippen molar-refractivity contribution in [3.63, 3.8) is 0 Å². The van der Waals surface area contributed by atoms with Gasteiger partial charge in [0, 0.05) is 5.39 Å². The van der Waals surface area contributed by atoms with Crippen LogP contribution in [0.25, 0.3) is 10.9 Å². The van der Waals surface area contributed by atoms with E-state index in [2.05, 4.69) is 9.97 Å². The molecule has 0 bridgehead atoms. The van der Waals surface area contributed by atoms with E-state index in [1.807, 2.05) is 0 Å². The quantitative estimate of drug-likeness (QED) is 0.812. The van der Waals surface area contributed by atoms with Gasteiger partial charge in [0.2, 0.25) is 0 Å². The van der Waals surface area contributed by atoms with Crippen molar-refractivity contribution in [3.8, 4) is 0 Å². The fourth-order valence-electron chi connectivity index (χ4n) is 1.56. The van der Waals surface area contributed by atoms with Crippen LogP contribution in [-0.2, 0) is 6.18 Å². The third kappa shape index (κ3) is 2.26. The van der Waals surface area contributed by atoms with Crippen LogP contribution in [0, 0.1) is 0 Å². The lowest BCUT2D eigenvalue weighted by atomic mass is 10.1. The average Bonchev–Trinajstić information content (AvgIpc) is 2.26. The molecule has 2 N–H and O–H groups in total. The molecule has 1 aromatic heterocycles. The number of nitrogens with two attached hydrogens (primary N) is 1. The van der Waals surface area contributed by atoms with Crippen molar-refractivity contribution in [2.45, 2.75) is 19.1 Å². The maximum Gasteiger partial charge on any atom is 0.418 e. The van der Waals surface area contributed by atoms with E-state index in [0.717, 1.165) is 6.07 Å². The van der Waals surface area contributed by atoms with Gasteiger partial charge in [0.05, 0.1) is 17.1 Å². The lowest BCUT2D eigenvalue weighted by Gasteiger charge is -2.12. The summed E-state index contributed by atoms with van der Waals surface area (Å²) in [5.74, 6) is 0.0872. The number of halogens is 4. The van der Waals surface area contributed by atoms with Gasteiger partial charge in [-0.05, 0) is 19.1 Å². The Balaban J connectivity index is 2.82. The summed E-state index contributed by atoms with van der Waals surface area (Å²) in [6.07, 6.45) is -4.49. The number of nitrogens with zero attached hydrogens (tertiary/aromatic N) is 2. The van der Waals surface area contributed by atoms with Gasteiger partial charge in [-0.2, -0.15) is 13.2 Å². The maximum atomic E-state index is 12.8. The molecule has 0 aliphatic rings. The first-order valence-corrected chi connectivity index (χ1v) is 5.47. The largest absolute Gasteiger partial charge is 0.418 e. The van der Waals surface area contributed by atoms with E-state index in [9.17, 15) is 13.2 Å². The summed E-state index contributed by atoms with van der Waals surface area (Å²) in [6.45, 7) is 1.58. The molecule has 0 aliphatic heterocycles. The number of benzene rings is 1. The zero-order chi connectivity index (χ0) is 13.5. The highest BCUT2D eigenvalue weighted by molar-refractivity contribution is 6.34. The number of hydrogen-bond donors (Lipinski definition) is 1. The average molecular weight is 276 g/mol. The van der Waals surface area contributed by atoms with Crippen LogP contribution in [0.2, 0.25) is 5.15 Å². The van der Waals surface area contributed by atoms with E-state index >= 15 is 0 Å². The number of fused-ring (bicyclic) bond motifs is 1. The van der Waals surface area contributed by atoms with Crippen molar-refractivity contribution in [1.29, 1.82) is 0 Å². The van der Waals surface area contributed by atoms with Crippen LogP contribution in [0.3, 0.4) is 0 Å². The SMILES string of the molecule is CC(N)c1nc(Cl)c2cccc(C(F)(F)F)c2n1. The molecule has 1 heterocycles. The number of hydrogen-bond acceptors (Lipinski definition) is 3. The minimum absolute atomic E-state index is 0.0293. The van der Waals surface area contributed by atoms with Crippen LogP contribution in [0.5, 0.6) is 0 Å². The maximum absolute atomic E-state index is 12.8. The van der Waals surface area contributed by atoms with Gasteiger partial charge in [-0.3, -0.25) is 0 Å². The van der Waals surface area contributed by atoms with Crippen molar-refractivity contribution >= 4 is 22.5 Å². The first-order chi connectivity index (χ1) is 8.30. The molecule has 1 aromatic carbocycles. The van der Waals surface area contributed by atoms with E-state index in [1.165, 1.54) is 12.1 Å². The predicted octanol–water partition coefficient (Wildman–Crippen LogP) is 3.32. The predicted molar refractivity (Wildman–Crippen MR) is 62.2 cm³/mol. The van der Waals surface area contributed by atoms with Crippen LogP contribution in [0.15, 0.2) is 18.2 Å². The molecular weight excluding hydrogens is 267 g/mol. The fourth-order valence-corrected chi connectivity index (χ4v) is 1.80. The van der Waals surface area contributed by atoms with Gasteiger partial charge >= 0.3 is 6.18 Å². The number of para-hydroxylation sites is 1. The van der Waals surface area contributed by atoms with Crippen molar-refractivity contribution in [1.82, 2.24) is 9.97 Å². The fraction of sp³-hybridized carbons (Fsp3) is 0.273. The molecule has 18 heavy (non-hydrogen) atoms. The third-order valence-electron chi connectivity index (χ3n) is 2.41. The van der Waals surface area contributed by atoms with Gasteiger partial charge in [0.15, 0.2) is 0 Å². The summed E-state index contributed by atoms with van der Waals surface area (Å²) in [6, 6.07) is 3.08. The Morgan fingerprint density at radius 1 is 1.28 bits per heavy atom. The van der Waals surface area contributed by atoms with Crippen LogP contribution in [-0.4, -0.2) is 9.97 Å². The summed E-state index contributed by atoms with van der Waals surface area (Å²) in [4.78, 5) is 7.75. The lowest BCUT2D eigenvalue weighted by Crippen LogP contribution is -2.12. The molecular formula is C11H9ClF3N3. The van der Waals surface area contributed by atoms with Crippen LogP contribution in [0.1, 0.15) is 24.4 Å². The number of aromatic nitrogens is 2. The van der Waals surface area contributed by atoms with Gasteiger partial charge in [0.1, 0.15) is 11.0 Å². The molecule has 0 amide bonds. The summed E-state index contributed by atoms with van der Waals surface area (Å²) in [5.41, 5.74) is 4.50. The lowest BCUT2D eigenvalue weighted by molar-refractivity contribution is -0.136. The van der Waals surface area contributed by atoms with Gasteiger partial charge in [-0.15, -0.1) is 0 Å². The molecule has 0 spiro atoms. The Morgan fingerprint density at radius 2 is 1.94 bits per heavy atom. The Kier molecular flexibility index (Phi) is 3.16. The molecule has 0 saturated heterocycles. The first-order valence-electron chi connectivity index (χ1n) is 5.09. The minimum atomic E-state index is -4.49. The molecule has 1 atom stereocenters. The van der Waals surface area contributed by atoms with E-state index in [1.54, 1.807) is 6.92 Å². The summed E-state index contributed by atoms with van der Waals surface area (Å²) in [5, 5.41) is 0.134. The van der Waals surface area contributed by atoms with Crippen molar-refractivity contribution in [2.24, 2.45) is 5.73 Å². The van der Waals surface area contributed by atoms with Crippen LogP contribution < -0.4 is 5.73 Å². The molecule has 0 fully saturated rings. The number of alkyl halides is 3. The molecule has 0 aliphatic carbocycles. The zero-order valence-corrected chi connectivity index (χ0v) is 10.0. The van der Waals surface area contributed by atoms with Gasteiger partial charge in [-0.1, -0.05) is 17.7 Å². The highest BCUT2D eigenvalue weighted by Crippen LogP contribution is 2.35. The smallest absolute Gasteiger partial charge is 0.322 e. The van der Waals surface area contributed by atoms with E-state index in [-0.39, 0.29) is 21.9 Å². The van der Waals surface area contributed by atoms with Crippen molar-refractivity contribution < 1.29 is 13.2 Å². The Hall–Kier alpha value is -1.40. The molecule has 0 radical (unpaired) electrons. The summed E-state index contributed by atoms with van der Waals surface area (Å²) >= 11 is 5.85. The van der Waals surface area contributed by atoms with E-state index < -0.39 is 17.8 Å². The minimum Gasteiger partial charge on any atom is -0.322 e. The Bertz CT molecular complexity index is 596. The topological polar surface area (TPSA) is 51.8 Å². The van der Waals surface area contributed by atoms with Crippen molar-refractivity contribution in [3.05, 3.63) is 34.7 Å². The Morgan fingerprint density at radius 3 is 2.50 bits per heavy atom. The molecule has 7 heteroatoms. The first kappa shape index (κ1) is 13.0. The second-order valence-corrected chi connectivity index (χ2v) is 4.22. The highest BCUT2D eigenvalue weighted by Gasteiger charge is 2.33. The van der Waals surface area contributed by atoms with Gasteiger partial charge in [0.25, 0.3) is 0 Å². The standard InChI is InChI=1S/C11H9ClF3N3/c1-5(16)10-17-8-6(9(12)18-10)3-2-4-7(8)11(13,14)15/h2-5H,16H2,1H3. The van der Waals surface area contributed by atoms with Crippen LogP contribution in [0.4, 0.5) is 13.2 Å². The molecule has 2 rings (SSSR count). The molecule has 2 aromatic rings. The molecule has 3 nitrogen and oxygen atoms in total. The summed E-state index contributed by atoms with van der Waals surface area (Å²) in [7, 11) is 0. The molecule has 96 valence electrons. The molecule has 1 unspecified atom stereocenters. The van der Waals surface area contributed by atoms with Gasteiger partial charge in [-0.25, -0.2) is 9.97 Å². The normalized spacial score (nSPS) is 13.9. The summed E-state index contributed by atoms with van der Waals surface area (Å²) < 4.78 is 38.5. The Labute approximate surface area is 106 Å². The second-order valence-electron chi connectivity index (χ2n) is 3.86. The number of rotatable bonds is 1. The second kappa shape index (κ2) is 4.37. The zero-order valence-electron chi connectivity index (χ0n) is 9.29. The van der Waals surface area contributed by atoms with Crippen molar-refractivity contribution in [2.75, 3.05) is 0 Å². The van der Waals surface area contributed by atoms with Gasteiger partial charge < -0.3 is 5.73 Å². The third-order valence-corrected chi connectivity index (χ3v) is 2.70. The molecule has 0 saturated carbocycles. The monoisotopic (exact) mass is 275 g/mol. The van der Waals surface area contributed by atoms with E-state index in [4.69, 9.17) is 17.3 Å².